The number of aryl methyl sites for hydroxylation is 2. The van der Waals surface area contributed by atoms with E-state index in [-0.39, 0.29) is 36.1 Å². The molecule has 1 unspecified atom stereocenters. The van der Waals surface area contributed by atoms with E-state index in [0.29, 0.717) is 31.2 Å². The number of aromatic nitrogens is 2. The number of alkyl carbamates (subject to hydrolysis) is 1. The summed E-state index contributed by atoms with van der Waals surface area (Å²) in [6.07, 6.45) is 2.05. The SMILES string of the molecule is CCNC(=NCCCc1nc(C)no1)N1CCC(NC(=O)OC(C)(C)C)C1.I. The Morgan fingerprint density at radius 1 is 1.43 bits per heavy atom. The number of ether oxygens (including phenoxy) is 1. The minimum absolute atomic E-state index is 0. The Bertz CT molecular complexity index is 644. The fraction of sp³-hybridized carbons (Fsp3) is 0.778. The summed E-state index contributed by atoms with van der Waals surface area (Å²) in [5, 5.41) is 10.0. The van der Waals surface area contributed by atoms with Crippen molar-refractivity contribution in [2.24, 2.45) is 4.99 Å². The maximum absolute atomic E-state index is 11.9. The first-order chi connectivity index (χ1) is 12.8. The van der Waals surface area contributed by atoms with Crippen LogP contribution in [0.5, 0.6) is 0 Å². The quantitative estimate of drug-likeness (QED) is 0.263. The molecule has 2 N–H and O–H groups in total. The molecule has 10 heteroatoms. The standard InChI is InChI=1S/C18H32N6O3.HI/c1-6-19-16(20-10-7-8-15-21-13(2)23-27-15)24-11-9-14(12-24)22-17(25)26-18(3,4)5;/h14H,6-12H2,1-5H3,(H,19,20)(H,22,25);1H. The number of guanidine groups is 1. The predicted octanol–water partition coefficient (Wildman–Crippen LogP) is 2.49. The third kappa shape index (κ3) is 8.61. The molecule has 9 nitrogen and oxygen atoms in total. The Kier molecular flexibility index (Phi) is 9.97. The van der Waals surface area contributed by atoms with E-state index in [1.807, 2.05) is 34.6 Å². The average Bonchev–Trinajstić information content (AvgIpc) is 3.17. The fourth-order valence-corrected chi connectivity index (χ4v) is 2.83. The first-order valence-corrected chi connectivity index (χ1v) is 9.59. The normalized spacial score (nSPS) is 17.2. The molecule has 2 rings (SSSR count). The summed E-state index contributed by atoms with van der Waals surface area (Å²) < 4.78 is 10.4. The molecular weight excluding hydrogens is 475 g/mol. The zero-order valence-electron chi connectivity index (χ0n) is 17.4. The Morgan fingerprint density at radius 3 is 2.79 bits per heavy atom. The zero-order chi connectivity index (χ0) is 19.9. The molecule has 1 aromatic heterocycles. The van der Waals surface area contributed by atoms with E-state index in [2.05, 4.69) is 30.7 Å². The minimum Gasteiger partial charge on any atom is -0.444 e. The first-order valence-electron chi connectivity index (χ1n) is 9.59. The lowest BCUT2D eigenvalue weighted by Crippen LogP contribution is -2.44. The Morgan fingerprint density at radius 2 is 2.18 bits per heavy atom. The van der Waals surface area contributed by atoms with Gasteiger partial charge in [-0.25, -0.2) is 4.79 Å². The second kappa shape index (κ2) is 11.4. The smallest absolute Gasteiger partial charge is 0.407 e. The van der Waals surface area contributed by atoms with Crippen molar-refractivity contribution in [1.29, 1.82) is 0 Å². The monoisotopic (exact) mass is 508 g/mol. The van der Waals surface area contributed by atoms with Crippen LogP contribution >= 0.6 is 24.0 Å². The van der Waals surface area contributed by atoms with Gasteiger partial charge in [0.2, 0.25) is 5.89 Å². The summed E-state index contributed by atoms with van der Waals surface area (Å²) in [5.74, 6) is 2.17. The van der Waals surface area contributed by atoms with Gasteiger partial charge in [-0.1, -0.05) is 5.16 Å². The van der Waals surface area contributed by atoms with Gasteiger partial charge in [0.25, 0.3) is 0 Å². The van der Waals surface area contributed by atoms with Crippen molar-refractivity contribution >= 4 is 36.0 Å². The van der Waals surface area contributed by atoms with E-state index in [9.17, 15) is 4.79 Å². The highest BCUT2D eigenvalue weighted by molar-refractivity contribution is 14.0. The number of amides is 1. The lowest BCUT2D eigenvalue weighted by Gasteiger charge is -2.23. The number of nitrogens with one attached hydrogen (secondary N) is 2. The number of halogens is 1. The molecule has 2 heterocycles. The van der Waals surface area contributed by atoms with Crippen LogP contribution in [0.3, 0.4) is 0 Å². The molecule has 1 aromatic rings. The Balaban J connectivity index is 0.00000392. The Labute approximate surface area is 184 Å². The molecule has 0 radical (unpaired) electrons. The van der Waals surface area contributed by atoms with Gasteiger partial charge in [-0.2, -0.15) is 4.98 Å². The van der Waals surface area contributed by atoms with Crippen molar-refractivity contribution in [2.45, 2.75) is 65.5 Å². The second-order valence-electron chi connectivity index (χ2n) is 7.65. The molecule has 28 heavy (non-hydrogen) atoms. The molecule has 1 aliphatic rings. The van der Waals surface area contributed by atoms with E-state index in [0.717, 1.165) is 31.9 Å². The number of hydrogen-bond donors (Lipinski definition) is 2. The van der Waals surface area contributed by atoms with E-state index in [4.69, 9.17) is 9.26 Å². The van der Waals surface area contributed by atoms with Gasteiger partial charge in [-0.15, -0.1) is 24.0 Å². The second-order valence-corrected chi connectivity index (χ2v) is 7.65. The third-order valence-electron chi connectivity index (χ3n) is 3.92. The van der Waals surface area contributed by atoms with Crippen molar-refractivity contribution in [1.82, 2.24) is 25.7 Å². The van der Waals surface area contributed by atoms with Crippen LogP contribution in [0.2, 0.25) is 0 Å². The van der Waals surface area contributed by atoms with Crippen LogP contribution in [0.15, 0.2) is 9.52 Å². The lowest BCUT2D eigenvalue weighted by molar-refractivity contribution is 0.0507. The summed E-state index contributed by atoms with van der Waals surface area (Å²) in [6, 6.07) is 0.0603. The highest BCUT2D eigenvalue weighted by Gasteiger charge is 2.27. The van der Waals surface area contributed by atoms with Gasteiger partial charge < -0.3 is 24.8 Å². The summed E-state index contributed by atoms with van der Waals surface area (Å²) in [4.78, 5) is 23.0. The molecule has 0 aliphatic carbocycles. The van der Waals surface area contributed by atoms with Gasteiger partial charge in [0, 0.05) is 32.6 Å². The summed E-state index contributed by atoms with van der Waals surface area (Å²) in [5.41, 5.74) is -0.490. The molecule has 0 bridgehead atoms. The molecule has 160 valence electrons. The summed E-state index contributed by atoms with van der Waals surface area (Å²) in [6.45, 7) is 12.5. The van der Waals surface area contributed by atoms with Crippen molar-refractivity contribution in [3.05, 3.63) is 11.7 Å². The third-order valence-corrected chi connectivity index (χ3v) is 3.92. The van der Waals surface area contributed by atoms with Crippen LogP contribution in [0.1, 0.15) is 52.3 Å². The molecule has 1 atom stereocenters. The van der Waals surface area contributed by atoms with Gasteiger partial charge in [-0.3, -0.25) is 4.99 Å². The summed E-state index contributed by atoms with van der Waals surface area (Å²) in [7, 11) is 0. The summed E-state index contributed by atoms with van der Waals surface area (Å²) >= 11 is 0. The molecule has 1 saturated heterocycles. The number of carbonyl (C=O) groups is 1. The van der Waals surface area contributed by atoms with Crippen molar-refractivity contribution in [2.75, 3.05) is 26.2 Å². The van der Waals surface area contributed by atoms with Crippen LogP contribution in [-0.2, 0) is 11.2 Å². The largest absolute Gasteiger partial charge is 0.444 e. The molecular formula is C18H33IN6O3. The van der Waals surface area contributed by atoms with Crippen LogP contribution < -0.4 is 10.6 Å². The van der Waals surface area contributed by atoms with E-state index in [1.54, 1.807) is 0 Å². The topological polar surface area (TPSA) is 105 Å². The lowest BCUT2D eigenvalue weighted by atomic mass is 10.2. The van der Waals surface area contributed by atoms with E-state index >= 15 is 0 Å². The average molecular weight is 508 g/mol. The highest BCUT2D eigenvalue weighted by Crippen LogP contribution is 2.12. The van der Waals surface area contributed by atoms with Gasteiger partial charge in [0.1, 0.15) is 5.60 Å². The number of rotatable bonds is 6. The zero-order valence-corrected chi connectivity index (χ0v) is 19.8. The van der Waals surface area contributed by atoms with Crippen molar-refractivity contribution in [3.63, 3.8) is 0 Å². The van der Waals surface area contributed by atoms with Crippen LogP contribution in [0.25, 0.3) is 0 Å². The number of carbonyl (C=O) groups excluding carboxylic acids is 1. The highest BCUT2D eigenvalue weighted by atomic mass is 127. The molecule has 0 saturated carbocycles. The molecule has 1 amide bonds. The van der Waals surface area contributed by atoms with Crippen LogP contribution in [0, 0.1) is 6.92 Å². The van der Waals surface area contributed by atoms with Crippen LogP contribution in [0.4, 0.5) is 4.79 Å². The van der Waals surface area contributed by atoms with Gasteiger partial charge in [0.15, 0.2) is 11.8 Å². The van der Waals surface area contributed by atoms with Crippen molar-refractivity contribution in [3.8, 4) is 0 Å². The van der Waals surface area contributed by atoms with Gasteiger partial charge in [-0.05, 0) is 47.5 Å². The van der Waals surface area contributed by atoms with Gasteiger partial charge in [0.05, 0.1) is 6.04 Å². The van der Waals surface area contributed by atoms with Gasteiger partial charge >= 0.3 is 6.09 Å². The Hall–Kier alpha value is -1.59. The molecule has 1 aliphatic heterocycles. The van der Waals surface area contributed by atoms with E-state index in [1.165, 1.54) is 0 Å². The fourth-order valence-electron chi connectivity index (χ4n) is 2.83. The number of nitrogens with zero attached hydrogens (tertiary/aromatic N) is 4. The molecule has 0 aromatic carbocycles. The predicted molar refractivity (Wildman–Crippen MR) is 118 cm³/mol. The number of likely N-dealkylation sites (tertiary alicyclic amines) is 1. The van der Waals surface area contributed by atoms with E-state index < -0.39 is 5.60 Å². The molecule has 0 spiro atoms. The first kappa shape index (κ1) is 24.4. The maximum atomic E-state index is 11.9. The number of hydrogen-bond acceptors (Lipinski definition) is 6. The molecule has 1 fully saturated rings. The van der Waals surface area contributed by atoms with Crippen LogP contribution in [-0.4, -0.2) is 64.9 Å². The van der Waals surface area contributed by atoms with Crippen molar-refractivity contribution < 1.29 is 14.1 Å². The minimum atomic E-state index is -0.490. The maximum Gasteiger partial charge on any atom is 0.407 e. The number of aliphatic imine (C=N–C) groups is 1.